The van der Waals surface area contributed by atoms with Crippen LogP contribution in [0.5, 0.6) is 0 Å². The Bertz CT molecular complexity index is 1100. The molecule has 1 fully saturated rings. The molecule has 198 valence electrons. The lowest BCUT2D eigenvalue weighted by atomic mass is 9.74. The van der Waals surface area contributed by atoms with E-state index in [1.165, 1.54) is 16.5 Å². The molecule has 12 heteroatoms. The first-order valence-corrected chi connectivity index (χ1v) is 12.2. The Balaban J connectivity index is 0.000000308. The highest BCUT2D eigenvalue weighted by Crippen LogP contribution is 2.45. The predicted molar refractivity (Wildman–Crippen MR) is 133 cm³/mol. The Kier molecular flexibility index (Phi) is 8.83. The van der Waals surface area contributed by atoms with E-state index < -0.39 is 24.1 Å². The third-order valence-corrected chi connectivity index (χ3v) is 7.30. The van der Waals surface area contributed by atoms with Crippen molar-refractivity contribution in [1.82, 2.24) is 20.1 Å². The van der Waals surface area contributed by atoms with Gasteiger partial charge in [0.1, 0.15) is 5.15 Å². The van der Waals surface area contributed by atoms with Gasteiger partial charge in [0.2, 0.25) is 0 Å². The molecule has 0 bridgehead atoms. The number of fused-ring (bicyclic) bond motifs is 2. The average Bonchev–Trinajstić information content (AvgIpc) is 3.16. The first-order valence-electron chi connectivity index (χ1n) is 11.9. The number of aromatic amines is 1. The number of hydrogen-bond acceptors (Lipinski definition) is 6. The fourth-order valence-corrected chi connectivity index (χ4v) is 5.41. The minimum atomic E-state index is -2.27. The van der Waals surface area contributed by atoms with Crippen molar-refractivity contribution in [3.63, 3.8) is 0 Å². The van der Waals surface area contributed by atoms with Crippen molar-refractivity contribution in [3.8, 4) is 0 Å². The highest BCUT2D eigenvalue weighted by atomic mass is 35.5. The van der Waals surface area contributed by atoms with Crippen LogP contribution in [-0.2, 0) is 16.0 Å². The zero-order valence-electron chi connectivity index (χ0n) is 20.4. The number of amides is 2. The van der Waals surface area contributed by atoms with Crippen molar-refractivity contribution < 1.29 is 34.8 Å². The number of carbonyl (C=O) groups is 3. The van der Waals surface area contributed by atoms with Crippen molar-refractivity contribution in [1.29, 1.82) is 0 Å². The maximum Gasteiger partial charge on any atom is 0.335 e. The molecule has 1 aromatic carbocycles. The summed E-state index contributed by atoms with van der Waals surface area (Å²) in [4.78, 5) is 39.6. The summed E-state index contributed by atoms with van der Waals surface area (Å²) in [5, 5.41) is 37.9. The van der Waals surface area contributed by atoms with E-state index in [9.17, 15) is 14.4 Å². The zero-order valence-corrected chi connectivity index (χ0v) is 21.2. The van der Waals surface area contributed by atoms with Crippen LogP contribution in [0.3, 0.4) is 0 Å². The second-order valence-electron chi connectivity index (χ2n) is 9.13. The average molecular weight is 525 g/mol. The summed E-state index contributed by atoms with van der Waals surface area (Å²) in [5.41, 5.74) is 3.74. The third kappa shape index (κ3) is 5.59. The number of piperidine rings is 1. The lowest BCUT2D eigenvalue weighted by Crippen LogP contribution is -2.56. The fraction of sp³-hybridized carbons (Fsp3) is 0.542. The number of rotatable bonds is 6. The molecule has 1 aromatic heterocycles. The molecule has 1 saturated heterocycles. The smallest absolute Gasteiger partial charge is 0.335 e. The standard InChI is InChI=1S/C20H27ClN4O.C4H6O6/c1-4-25(5-2)20(26)22-12-9-14-13-7-6-8-16-18(13)15(19(21)23-16)10-17(14)24(3)11-12;5-1(3(7)8)2(6)4(9)10/h6-8,12,14,17,23H,4-5,9-11H2,1-3H3,(H,22,26);1-2,5-6H,(H,7,8)(H,9,10)/t12-,14-,17-;/m1./s1. The summed E-state index contributed by atoms with van der Waals surface area (Å²) in [6, 6.07) is 7.08. The molecule has 6 N–H and O–H groups in total. The van der Waals surface area contributed by atoms with E-state index in [0.29, 0.717) is 12.0 Å². The number of likely N-dealkylation sites (N-methyl/N-ethyl adjacent to an activating group) is 1. The van der Waals surface area contributed by atoms with Crippen molar-refractivity contribution in [2.45, 2.75) is 56.9 Å². The Morgan fingerprint density at radius 3 is 2.33 bits per heavy atom. The Hall–Kier alpha value is -2.86. The highest BCUT2D eigenvalue weighted by molar-refractivity contribution is 6.32. The van der Waals surface area contributed by atoms with Crippen molar-refractivity contribution in [3.05, 3.63) is 34.5 Å². The molecule has 1 aliphatic carbocycles. The van der Waals surface area contributed by atoms with Gasteiger partial charge < -0.3 is 40.5 Å². The van der Waals surface area contributed by atoms with Gasteiger partial charge in [0.25, 0.3) is 0 Å². The number of H-pyrrole nitrogens is 1. The molecule has 1 aliphatic heterocycles. The highest BCUT2D eigenvalue weighted by Gasteiger charge is 2.40. The number of nitrogens with zero attached hydrogens (tertiary/aromatic N) is 2. The topological polar surface area (TPSA) is 166 Å². The van der Waals surface area contributed by atoms with E-state index in [4.69, 9.17) is 32.0 Å². The molecule has 2 amide bonds. The van der Waals surface area contributed by atoms with Gasteiger partial charge in [-0.3, -0.25) is 0 Å². The number of nitrogens with one attached hydrogen (secondary N) is 2. The molecule has 4 rings (SSSR count). The number of hydrogen-bond donors (Lipinski definition) is 6. The van der Waals surface area contributed by atoms with Crippen LogP contribution in [0.4, 0.5) is 4.79 Å². The predicted octanol–water partition coefficient (Wildman–Crippen LogP) is 1.46. The van der Waals surface area contributed by atoms with Gasteiger partial charge in [-0.25, -0.2) is 14.4 Å². The zero-order chi connectivity index (χ0) is 26.7. The van der Waals surface area contributed by atoms with Crippen LogP contribution in [0.25, 0.3) is 10.9 Å². The first-order chi connectivity index (χ1) is 17.0. The SMILES string of the molecule is CCN(CC)C(=O)N[C@@H]1C[C@@H]2c3cccc4[nH]c(Cl)c(c34)C[C@H]2N(C)C1.O=C(O)C(O)C(O)C(=O)O. The van der Waals surface area contributed by atoms with Crippen LogP contribution in [-0.4, -0.2) is 104 Å². The van der Waals surface area contributed by atoms with E-state index in [-0.39, 0.29) is 12.1 Å². The Labute approximate surface area is 213 Å². The molecule has 0 spiro atoms. The number of carboxylic acids is 2. The molecule has 11 nitrogen and oxygen atoms in total. The van der Waals surface area contributed by atoms with E-state index >= 15 is 0 Å². The molecule has 36 heavy (non-hydrogen) atoms. The molecular formula is C24H33ClN4O7. The number of aromatic nitrogens is 1. The number of aliphatic hydroxyl groups is 2. The summed E-state index contributed by atoms with van der Waals surface area (Å²) < 4.78 is 0. The van der Waals surface area contributed by atoms with E-state index in [1.807, 2.05) is 18.7 Å². The normalized spacial score (nSPS) is 22.6. The van der Waals surface area contributed by atoms with Gasteiger partial charge in [0.15, 0.2) is 12.2 Å². The molecular weight excluding hydrogens is 492 g/mol. The number of halogens is 1. The third-order valence-electron chi connectivity index (χ3n) is 6.98. The lowest BCUT2D eigenvalue weighted by molar-refractivity contribution is -0.165. The van der Waals surface area contributed by atoms with Crippen LogP contribution in [0.2, 0.25) is 5.15 Å². The number of likely N-dealkylation sites (tertiary alicyclic amines) is 1. The van der Waals surface area contributed by atoms with Crippen LogP contribution in [0.1, 0.15) is 37.3 Å². The van der Waals surface area contributed by atoms with Crippen molar-refractivity contribution >= 4 is 40.5 Å². The number of aliphatic carboxylic acids is 2. The van der Waals surface area contributed by atoms with Crippen LogP contribution >= 0.6 is 11.6 Å². The van der Waals surface area contributed by atoms with Gasteiger partial charge in [-0.05, 0) is 50.9 Å². The summed E-state index contributed by atoms with van der Waals surface area (Å²) in [5.74, 6) is -3.12. The van der Waals surface area contributed by atoms with Gasteiger partial charge in [0, 0.05) is 48.5 Å². The van der Waals surface area contributed by atoms with Crippen LogP contribution in [0.15, 0.2) is 18.2 Å². The van der Waals surface area contributed by atoms with Crippen LogP contribution < -0.4 is 5.32 Å². The van der Waals surface area contributed by atoms with Crippen molar-refractivity contribution in [2.75, 3.05) is 26.7 Å². The molecule has 5 atom stereocenters. The van der Waals surface area contributed by atoms with E-state index in [0.717, 1.165) is 43.1 Å². The molecule has 2 heterocycles. The Morgan fingerprint density at radius 2 is 1.78 bits per heavy atom. The summed E-state index contributed by atoms with van der Waals surface area (Å²) in [6.45, 7) is 6.39. The minimum Gasteiger partial charge on any atom is -0.479 e. The number of aliphatic hydroxyl groups excluding tert-OH is 2. The lowest BCUT2D eigenvalue weighted by Gasteiger charge is -2.46. The molecule has 0 radical (unpaired) electrons. The largest absolute Gasteiger partial charge is 0.479 e. The van der Waals surface area contributed by atoms with Gasteiger partial charge in [-0.1, -0.05) is 23.7 Å². The van der Waals surface area contributed by atoms with Gasteiger partial charge in [-0.15, -0.1) is 0 Å². The maximum atomic E-state index is 12.5. The molecule has 2 aliphatic rings. The summed E-state index contributed by atoms with van der Waals surface area (Å²) in [6.07, 6.45) is -2.59. The van der Waals surface area contributed by atoms with E-state index in [1.54, 1.807) is 0 Å². The second kappa shape index (κ2) is 11.5. The fourth-order valence-electron chi connectivity index (χ4n) is 5.14. The van der Waals surface area contributed by atoms with Crippen LogP contribution in [0, 0.1) is 0 Å². The molecule has 2 aromatic rings. The molecule has 2 unspecified atom stereocenters. The number of carboxylic acid groups (broad SMARTS) is 2. The van der Waals surface area contributed by atoms with Gasteiger partial charge >= 0.3 is 18.0 Å². The number of urea groups is 1. The second-order valence-corrected chi connectivity index (χ2v) is 9.50. The van der Waals surface area contributed by atoms with Gasteiger partial charge in [0.05, 0.1) is 0 Å². The number of carbonyl (C=O) groups excluding carboxylic acids is 1. The van der Waals surface area contributed by atoms with Crippen molar-refractivity contribution in [2.24, 2.45) is 0 Å². The van der Waals surface area contributed by atoms with Gasteiger partial charge in [-0.2, -0.15) is 0 Å². The Morgan fingerprint density at radius 1 is 1.17 bits per heavy atom. The monoisotopic (exact) mass is 524 g/mol. The minimum absolute atomic E-state index is 0.0474. The summed E-state index contributed by atoms with van der Waals surface area (Å²) >= 11 is 6.48. The summed E-state index contributed by atoms with van der Waals surface area (Å²) in [7, 11) is 2.17. The first kappa shape index (κ1) is 27.7. The quantitative estimate of drug-likeness (QED) is 0.330. The van der Waals surface area contributed by atoms with E-state index in [2.05, 4.69) is 40.4 Å². The maximum absolute atomic E-state index is 12.5. The molecule has 0 saturated carbocycles. The number of benzene rings is 1.